The zero-order chi connectivity index (χ0) is 10.6. The first-order valence-electron chi connectivity index (χ1n) is 5.11. The van der Waals surface area contributed by atoms with E-state index < -0.39 is 0 Å². The van der Waals surface area contributed by atoms with Crippen LogP contribution in [0.15, 0.2) is 10.3 Å². The van der Waals surface area contributed by atoms with Crippen LogP contribution in [0.3, 0.4) is 0 Å². The lowest BCUT2D eigenvalue weighted by molar-refractivity contribution is 0.168. The highest BCUT2D eigenvalue weighted by atomic mass is 16.6. The summed E-state index contributed by atoms with van der Waals surface area (Å²) in [5.74, 6) is 0.649. The minimum atomic E-state index is 0.649. The van der Waals surface area contributed by atoms with E-state index in [0.29, 0.717) is 5.92 Å². The Hall–Kier alpha value is -0.970. The number of nitrogens with one attached hydrogen (secondary N) is 2. The van der Waals surface area contributed by atoms with Crippen LogP contribution in [-0.4, -0.2) is 12.9 Å². The van der Waals surface area contributed by atoms with Crippen LogP contribution in [0.4, 0.5) is 0 Å². The lowest BCUT2D eigenvalue weighted by atomic mass is 10.00. The van der Waals surface area contributed by atoms with Crippen molar-refractivity contribution in [1.29, 1.82) is 5.53 Å². The zero-order valence-corrected chi connectivity index (χ0v) is 8.99. The van der Waals surface area contributed by atoms with Crippen molar-refractivity contribution in [2.75, 3.05) is 6.54 Å². The number of rotatable bonds is 9. The Bertz CT molecular complexity index is 161. The normalized spacial score (nSPS) is 13.0. The molecule has 2 N–H and O–H groups in total. The van der Waals surface area contributed by atoms with Gasteiger partial charge in [0.2, 0.25) is 6.40 Å². The molecule has 0 aliphatic heterocycles. The third-order valence-electron chi connectivity index (χ3n) is 2.16. The van der Waals surface area contributed by atoms with Gasteiger partial charge in [0.1, 0.15) is 0 Å². The van der Waals surface area contributed by atoms with Crippen molar-refractivity contribution in [3.05, 3.63) is 0 Å². The van der Waals surface area contributed by atoms with E-state index in [1.807, 2.05) is 0 Å². The van der Waals surface area contributed by atoms with Gasteiger partial charge < -0.3 is 4.84 Å². The molecule has 0 aromatic carbocycles. The van der Waals surface area contributed by atoms with Crippen molar-refractivity contribution in [2.24, 2.45) is 16.2 Å². The Morgan fingerprint density at radius 1 is 1.50 bits per heavy atom. The van der Waals surface area contributed by atoms with Crippen LogP contribution in [0.5, 0.6) is 0 Å². The van der Waals surface area contributed by atoms with E-state index in [2.05, 4.69) is 29.7 Å². The molecule has 5 nitrogen and oxygen atoms in total. The van der Waals surface area contributed by atoms with Crippen LogP contribution in [0.1, 0.15) is 39.5 Å². The molecule has 0 aliphatic carbocycles. The summed E-state index contributed by atoms with van der Waals surface area (Å²) in [5.41, 5.74) is 9.16. The second-order valence-corrected chi connectivity index (χ2v) is 3.20. The van der Waals surface area contributed by atoms with E-state index in [1.165, 1.54) is 19.3 Å². The van der Waals surface area contributed by atoms with Crippen LogP contribution < -0.4 is 5.48 Å². The molecule has 0 bridgehead atoms. The molecule has 0 fully saturated rings. The summed E-state index contributed by atoms with van der Waals surface area (Å²) in [4.78, 5) is 4.83. The van der Waals surface area contributed by atoms with Crippen molar-refractivity contribution < 1.29 is 4.84 Å². The summed E-state index contributed by atoms with van der Waals surface area (Å²) >= 11 is 0. The van der Waals surface area contributed by atoms with Crippen LogP contribution in [0.25, 0.3) is 0 Å². The Kier molecular flexibility index (Phi) is 9.41. The van der Waals surface area contributed by atoms with Gasteiger partial charge in [-0.1, -0.05) is 38.2 Å². The number of hydrogen-bond acceptors (Lipinski definition) is 4. The molecule has 14 heavy (non-hydrogen) atoms. The van der Waals surface area contributed by atoms with Crippen LogP contribution in [-0.2, 0) is 4.84 Å². The van der Waals surface area contributed by atoms with Crippen LogP contribution in [0, 0.1) is 11.4 Å². The largest absolute Gasteiger partial charge is 0.395 e. The smallest absolute Gasteiger partial charge is 0.222 e. The molecule has 0 heterocycles. The number of nitrogens with zero attached hydrogens (tertiary/aromatic N) is 2. The number of hydroxylamine groups is 1. The zero-order valence-electron chi connectivity index (χ0n) is 8.99. The maximum atomic E-state index is 6.37. The fraction of sp³-hybridized carbons (Fsp3) is 0.889. The van der Waals surface area contributed by atoms with Crippen LogP contribution >= 0.6 is 0 Å². The fourth-order valence-electron chi connectivity index (χ4n) is 1.19. The molecule has 0 saturated heterocycles. The molecule has 0 amide bonds. The Morgan fingerprint density at radius 2 is 2.29 bits per heavy atom. The number of unbranched alkanes of at least 4 members (excludes halogenated alkanes) is 1. The standard InChI is InChI=1S/C9H20N4O/c1-3-5-6-9(4-2)7-12-14-8-11-13-10/h8-10,12H,3-7H2,1-2H3/b11-8+,13-10?. The molecule has 1 atom stereocenters. The summed E-state index contributed by atoms with van der Waals surface area (Å²) in [6.07, 6.45) is 5.99. The highest BCUT2D eigenvalue weighted by Crippen LogP contribution is 2.10. The van der Waals surface area contributed by atoms with E-state index in [-0.39, 0.29) is 0 Å². The van der Waals surface area contributed by atoms with E-state index >= 15 is 0 Å². The third kappa shape index (κ3) is 7.67. The summed E-state index contributed by atoms with van der Waals surface area (Å²) < 4.78 is 0. The van der Waals surface area contributed by atoms with Gasteiger partial charge in [0.25, 0.3) is 0 Å². The van der Waals surface area contributed by atoms with Gasteiger partial charge in [-0.2, -0.15) is 11.0 Å². The first-order valence-corrected chi connectivity index (χ1v) is 5.11. The molecule has 0 aromatic rings. The van der Waals surface area contributed by atoms with Gasteiger partial charge in [0.05, 0.1) is 0 Å². The summed E-state index contributed by atoms with van der Waals surface area (Å²) in [5, 5.41) is 6.02. The maximum absolute atomic E-state index is 6.37. The minimum absolute atomic E-state index is 0.649. The topological polar surface area (TPSA) is 69.8 Å². The average molecular weight is 200 g/mol. The first-order chi connectivity index (χ1) is 6.85. The predicted octanol–water partition coefficient (Wildman–Crippen LogP) is 2.70. The van der Waals surface area contributed by atoms with Crippen molar-refractivity contribution >= 4 is 6.40 Å². The van der Waals surface area contributed by atoms with Gasteiger partial charge in [-0.05, 0) is 17.6 Å². The van der Waals surface area contributed by atoms with E-state index in [4.69, 9.17) is 10.4 Å². The maximum Gasteiger partial charge on any atom is 0.222 e. The Labute approximate surface area is 85.4 Å². The molecule has 0 aliphatic rings. The SMILES string of the molecule is CCCCC(CC)CNO/C=N/N=N. The Morgan fingerprint density at radius 3 is 2.86 bits per heavy atom. The quantitative estimate of drug-likeness (QED) is 0.197. The second-order valence-electron chi connectivity index (χ2n) is 3.20. The predicted molar refractivity (Wildman–Crippen MR) is 56.0 cm³/mol. The molecule has 0 radical (unpaired) electrons. The number of hydrogen-bond donors (Lipinski definition) is 2. The first kappa shape index (κ1) is 13.0. The molecular weight excluding hydrogens is 180 g/mol. The lowest BCUT2D eigenvalue weighted by Gasteiger charge is -2.13. The Balaban J connectivity index is 3.41. The highest BCUT2D eigenvalue weighted by Gasteiger charge is 2.04. The summed E-state index contributed by atoms with van der Waals surface area (Å²) in [6, 6.07) is 0. The molecule has 0 aromatic heterocycles. The van der Waals surface area contributed by atoms with Crippen LogP contribution in [0.2, 0.25) is 0 Å². The molecule has 0 spiro atoms. The fourth-order valence-corrected chi connectivity index (χ4v) is 1.19. The van der Waals surface area contributed by atoms with E-state index in [0.717, 1.165) is 19.4 Å². The molecule has 1 unspecified atom stereocenters. The highest BCUT2D eigenvalue weighted by molar-refractivity contribution is 5.44. The van der Waals surface area contributed by atoms with Gasteiger partial charge in [-0.3, -0.25) is 0 Å². The van der Waals surface area contributed by atoms with E-state index in [1.54, 1.807) is 0 Å². The third-order valence-corrected chi connectivity index (χ3v) is 2.16. The lowest BCUT2D eigenvalue weighted by Crippen LogP contribution is -2.22. The van der Waals surface area contributed by atoms with Crippen molar-refractivity contribution in [1.82, 2.24) is 5.48 Å². The van der Waals surface area contributed by atoms with E-state index in [9.17, 15) is 0 Å². The van der Waals surface area contributed by atoms with Crippen molar-refractivity contribution in [2.45, 2.75) is 39.5 Å². The minimum Gasteiger partial charge on any atom is -0.395 e. The monoisotopic (exact) mass is 200 g/mol. The average Bonchev–Trinajstić information content (AvgIpc) is 2.22. The molecule has 0 rings (SSSR count). The van der Waals surface area contributed by atoms with Gasteiger partial charge >= 0.3 is 0 Å². The second kappa shape index (κ2) is 10.1. The molecule has 82 valence electrons. The molecular formula is C9H20N4O. The van der Waals surface area contributed by atoms with Gasteiger partial charge in [0.15, 0.2) is 0 Å². The molecule has 5 heteroatoms. The van der Waals surface area contributed by atoms with Gasteiger partial charge in [-0.15, -0.1) is 0 Å². The van der Waals surface area contributed by atoms with Crippen molar-refractivity contribution in [3.8, 4) is 0 Å². The van der Waals surface area contributed by atoms with Gasteiger partial charge in [-0.25, -0.2) is 0 Å². The van der Waals surface area contributed by atoms with Crippen molar-refractivity contribution in [3.63, 3.8) is 0 Å². The molecule has 0 saturated carbocycles. The van der Waals surface area contributed by atoms with Gasteiger partial charge in [0, 0.05) is 6.54 Å². The summed E-state index contributed by atoms with van der Waals surface area (Å²) in [6.45, 7) is 5.19. The summed E-state index contributed by atoms with van der Waals surface area (Å²) in [7, 11) is 0.